The highest BCUT2D eigenvalue weighted by molar-refractivity contribution is 7.89. The van der Waals surface area contributed by atoms with Gasteiger partial charge in [-0.2, -0.15) is 4.72 Å². The number of carbonyl (C=O) groups is 3. The molecule has 162 valence electrons. The number of sulfonamides is 1. The Labute approximate surface area is 180 Å². The van der Waals surface area contributed by atoms with Crippen molar-refractivity contribution < 1.29 is 22.8 Å². The molecule has 2 rings (SSSR count). The molecule has 0 radical (unpaired) electrons. The topological polar surface area (TPSA) is 133 Å². The zero-order valence-electron chi connectivity index (χ0n) is 16.9. The highest BCUT2D eigenvalue weighted by atomic mass is 32.2. The van der Waals surface area contributed by atoms with Gasteiger partial charge in [0.2, 0.25) is 27.7 Å². The van der Waals surface area contributed by atoms with Crippen LogP contribution in [0, 0.1) is 12.3 Å². The summed E-state index contributed by atoms with van der Waals surface area (Å²) in [7, 11) is -3.99. The first-order valence-corrected chi connectivity index (χ1v) is 10.6. The predicted molar refractivity (Wildman–Crippen MR) is 117 cm³/mol. The summed E-state index contributed by atoms with van der Waals surface area (Å²) in [5.41, 5.74) is 1.51. The van der Waals surface area contributed by atoms with E-state index in [1.165, 1.54) is 38.1 Å². The Kier molecular flexibility index (Phi) is 7.90. The number of hydrogen-bond acceptors (Lipinski definition) is 5. The molecule has 0 aliphatic heterocycles. The number of nitrogens with one attached hydrogen (secondary N) is 4. The SMILES string of the molecule is C#Cc1cccc(NC(=O)CNC(=O)[C@H](C)NS(=O)(=O)c2ccc(NC(C)=O)cc2)c1. The normalized spacial score (nSPS) is 11.6. The highest BCUT2D eigenvalue weighted by Gasteiger charge is 2.22. The molecule has 0 spiro atoms. The summed E-state index contributed by atoms with van der Waals surface area (Å²) >= 11 is 0. The Bertz CT molecular complexity index is 1120. The molecule has 3 amide bonds. The average molecular weight is 442 g/mol. The van der Waals surface area contributed by atoms with Gasteiger partial charge in [-0.15, -0.1) is 6.42 Å². The van der Waals surface area contributed by atoms with Gasteiger partial charge in [-0.25, -0.2) is 8.42 Å². The molecule has 0 bridgehead atoms. The van der Waals surface area contributed by atoms with Crippen LogP contribution in [0.4, 0.5) is 11.4 Å². The minimum absolute atomic E-state index is 0.0765. The van der Waals surface area contributed by atoms with E-state index < -0.39 is 27.9 Å². The zero-order valence-corrected chi connectivity index (χ0v) is 17.7. The van der Waals surface area contributed by atoms with Crippen LogP contribution in [0.3, 0.4) is 0 Å². The van der Waals surface area contributed by atoms with Gasteiger partial charge in [-0.3, -0.25) is 14.4 Å². The number of carbonyl (C=O) groups excluding carboxylic acids is 3. The number of terminal acetylenes is 1. The molecule has 0 fully saturated rings. The highest BCUT2D eigenvalue weighted by Crippen LogP contribution is 2.14. The number of amides is 3. The zero-order chi connectivity index (χ0) is 23.0. The van der Waals surface area contributed by atoms with Crippen molar-refractivity contribution in [3.8, 4) is 12.3 Å². The van der Waals surface area contributed by atoms with Gasteiger partial charge in [0.25, 0.3) is 0 Å². The average Bonchev–Trinajstić information content (AvgIpc) is 2.71. The Balaban J connectivity index is 1.90. The lowest BCUT2D eigenvalue weighted by Gasteiger charge is -2.15. The van der Waals surface area contributed by atoms with Gasteiger partial charge in [-0.1, -0.05) is 12.0 Å². The molecular weight excluding hydrogens is 420 g/mol. The van der Waals surface area contributed by atoms with Crippen LogP contribution >= 0.6 is 0 Å². The van der Waals surface area contributed by atoms with Crippen molar-refractivity contribution in [3.05, 3.63) is 54.1 Å². The molecule has 9 nitrogen and oxygen atoms in total. The molecule has 10 heteroatoms. The summed E-state index contributed by atoms with van der Waals surface area (Å²) in [5, 5.41) is 7.48. The first-order valence-electron chi connectivity index (χ1n) is 9.15. The molecule has 0 aliphatic rings. The van der Waals surface area contributed by atoms with Gasteiger partial charge < -0.3 is 16.0 Å². The molecule has 0 saturated heterocycles. The maximum Gasteiger partial charge on any atom is 0.243 e. The first kappa shape index (κ1) is 23.6. The van der Waals surface area contributed by atoms with Crippen LogP contribution in [-0.4, -0.2) is 38.7 Å². The number of hydrogen-bond donors (Lipinski definition) is 4. The van der Waals surface area contributed by atoms with Crippen LogP contribution in [0.15, 0.2) is 53.4 Å². The molecule has 0 heterocycles. The third-order valence-electron chi connectivity index (χ3n) is 3.95. The van der Waals surface area contributed by atoms with Crippen molar-refractivity contribution in [2.45, 2.75) is 24.8 Å². The number of benzene rings is 2. The summed E-state index contributed by atoms with van der Waals surface area (Å²) < 4.78 is 27.1. The van der Waals surface area contributed by atoms with Gasteiger partial charge in [-0.05, 0) is 49.4 Å². The van der Waals surface area contributed by atoms with E-state index in [-0.39, 0.29) is 17.3 Å². The van der Waals surface area contributed by atoms with E-state index in [9.17, 15) is 22.8 Å². The smallest absolute Gasteiger partial charge is 0.243 e. The van der Waals surface area contributed by atoms with Gasteiger partial charge in [0.15, 0.2) is 0 Å². The Morgan fingerprint density at radius 1 is 1.03 bits per heavy atom. The quantitative estimate of drug-likeness (QED) is 0.454. The third kappa shape index (κ3) is 7.26. The van der Waals surface area contributed by atoms with Crippen LogP contribution in [-0.2, 0) is 24.4 Å². The van der Waals surface area contributed by atoms with Crippen LogP contribution in [0.5, 0.6) is 0 Å². The van der Waals surface area contributed by atoms with E-state index in [4.69, 9.17) is 6.42 Å². The standard InChI is InChI=1S/C21H22N4O5S/c1-4-16-6-5-7-18(12-16)24-20(27)13-22-21(28)14(2)25-31(29,30)19-10-8-17(9-11-19)23-15(3)26/h1,5-12,14,25H,13H2,2-3H3,(H,22,28)(H,23,26)(H,24,27)/t14-/m0/s1. The van der Waals surface area contributed by atoms with E-state index >= 15 is 0 Å². The fraction of sp³-hybridized carbons (Fsp3) is 0.190. The summed E-state index contributed by atoms with van der Waals surface area (Å²) in [6.07, 6.45) is 5.31. The fourth-order valence-corrected chi connectivity index (χ4v) is 3.69. The van der Waals surface area contributed by atoms with E-state index in [1.807, 2.05) is 0 Å². The van der Waals surface area contributed by atoms with Crippen molar-refractivity contribution >= 4 is 39.1 Å². The molecule has 2 aromatic rings. The van der Waals surface area contributed by atoms with Crippen molar-refractivity contribution in [1.29, 1.82) is 0 Å². The van der Waals surface area contributed by atoms with Gasteiger partial charge >= 0.3 is 0 Å². The second-order valence-electron chi connectivity index (χ2n) is 6.54. The second-order valence-corrected chi connectivity index (χ2v) is 8.25. The maximum absolute atomic E-state index is 12.4. The van der Waals surface area contributed by atoms with Crippen LogP contribution in [0.2, 0.25) is 0 Å². The van der Waals surface area contributed by atoms with Crippen molar-refractivity contribution in [2.75, 3.05) is 17.2 Å². The first-order chi connectivity index (χ1) is 14.6. The monoisotopic (exact) mass is 442 g/mol. The number of rotatable bonds is 8. The Morgan fingerprint density at radius 2 is 1.71 bits per heavy atom. The van der Waals surface area contributed by atoms with Crippen LogP contribution in [0.25, 0.3) is 0 Å². The second kappa shape index (κ2) is 10.4. The lowest BCUT2D eigenvalue weighted by Crippen LogP contribution is -2.46. The largest absolute Gasteiger partial charge is 0.346 e. The van der Waals surface area contributed by atoms with E-state index in [0.29, 0.717) is 16.9 Å². The number of anilines is 2. The summed E-state index contributed by atoms with van der Waals surface area (Å²) in [6.45, 7) is 2.34. The third-order valence-corrected chi connectivity index (χ3v) is 5.50. The van der Waals surface area contributed by atoms with E-state index in [1.54, 1.807) is 24.3 Å². The van der Waals surface area contributed by atoms with Gasteiger partial charge in [0.1, 0.15) is 0 Å². The lowest BCUT2D eigenvalue weighted by atomic mass is 10.2. The van der Waals surface area contributed by atoms with E-state index in [0.717, 1.165) is 0 Å². The molecule has 1 atom stereocenters. The maximum atomic E-state index is 12.4. The van der Waals surface area contributed by atoms with Gasteiger partial charge in [0.05, 0.1) is 17.5 Å². The van der Waals surface area contributed by atoms with Crippen molar-refractivity contribution in [2.24, 2.45) is 0 Å². The van der Waals surface area contributed by atoms with Gasteiger partial charge in [0, 0.05) is 23.9 Å². The molecule has 0 saturated carbocycles. The summed E-state index contributed by atoms with van der Waals surface area (Å²) in [6, 6.07) is 11.0. The molecular formula is C21H22N4O5S. The molecule has 2 aromatic carbocycles. The molecule has 4 N–H and O–H groups in total. The minimum atomic E-state index is -3.99. The molecule has 31 heavy (non-hydrogen) atoms. The van der Waals surface area contributed by atoms with E-state index in [2.05, 4.69) is 26.6 Å². The molecule has 0 aliphatic carbocycles. The lowest BCUT2D eigenvalue weighted by molar-refractivity contribution is -0.125. The fourth-order valence-electron chi connectivity index (χ4n) is 2.49. The Hall–Kier alpha value is -3.68. The van der Waals surface area contributed by atoms with Crippen LogP contribution < -0.4 is 20.7 Å². The minimum Gasteiger partial charge on any atom is -0.346 e. The Morgan fingerprint density at radius 3 is 2.32 bits per heavy atom. The summed E-state index contributed by atoms with van der Waals surface area (Å²) in [4.78, 5) is 35.2. The van der Waals surface area contributed by atoms with Crippen molar-refractivity contribution in [3.63, 3.8) is 0 Å². The summed E-state index contributed by atoms with van der Waals surface area (Å²) in [5.74, 6) is 0.993. The van der Waals surface area contributed by atoms with Crippen LogP contribution in [0.1, 0.15) is 19.4 Å². The predicted octanol–water partition coefficient (Wildman–Crippen LogP) is 1.05. The molecule has 0 aromatic heterocycles. The molecule has 0 unspecified atom stereocenters. The van der Waals surface area contributed by atoms with Crippen molar-refractivity contribution in [1.82, 2.24) is 10.0 Å².